The molecule has 1 aliphatic rings. The summed E-state index contributed by atoms with van der Waals surface area (Å²) in [5.41, 5.74) is 1.57. The maximum absolute atomic E-state index is 12.9. The molecule has 0 unspecified atom stereocenters. The number of halogens is 4. The van der Waals surface area contributed by atoms with Gasteiger partial charge in [0.15, 0.2) is 0 Å². The predicted molar refractivity (Wildman–Crippen MR) is 122 cm³/mol. The first kappa shape index (κ1) is 27.2. The molecule has 7 nitrogen and oxygen atoms in total. The lowest BCUT2D eigenvalue weighted by Crippen LogP contribution is -2.38. The number of carbonyl (C=O) groups is 2. The van der Waals surface area contributed by atoms with Gasteiger partial charge in [0.25, 0.3) is 5.91 Å². The smallest absolute Gasteiger partial charge is 0.490 e. The number of rotatable bonds is 7. The van der Waals surface area contributed by atoms with E-state index in [1.165, 1.54) is 19.3 Å². The minimum Gasteiger partial charge on any atom is -0.492 e. The topological polar surface area (TPSA) is 91.8 Å². The normalized spacial score (nSPS) is 13.9. The Bertz CT molecular complexity index is 939. The Morgan fingerprint density at radius 1 is 1.18 bits per heavy atom. The molecule has 1 amide bonds. The number of aromatic nitrogens is 1. The Hall–Kier alpha value is -3.01. The molecule has 0 bridgehead atoms. The first-order valence-electron chi connectivity index (χ1n) is 10.7. The monoisotopic (exact) mass is 501 g/mol. The molecule has 1 aliphatic carbocycles. The van der Waals surface area contributed by atoms with Gasteiger partial charge in [0.1, 0.15) is 12.4 Å². The number of hydrogen-bond donors (Lipinski definition) is 2. The van der Waals surface area contributed by atoms with E-state index in [2.05, 4.69) is 10.3 Å². The fourth-order valence-electron chi connectivity index (χ4n) is 3.44. The number of aliphatic carboxylic acids is 1. The second kappa shape index (κ2) is 13.0. The molecular formula is C23H27ClF3N3O4. The number of ether oxygens (including phenoxy) is 1. The molecule has 1 aromatic heterocycles. The van der Waals surface area contributed by atoms with Gasteiger partial charge in [0.2, 0.25) is 0 Å². The number of carbonyl (C=O) groups excluding carboxylic acids is 1. The van der Waals surface area contributed by atoms with Gasteiger partial charge in [-0.15, -0.1) is 0 Å². The van der Waals surface area contributed by atoms with Crippen LogP contribution in [0.4, 0.5) is 18.9 Å². The van der Waals surface area contributed by atoms with Gasteiger partial charge in [-0.1, -0.05) is 30.9 Å². The van der Waals surface area contributed by atoms with Gasteiger partial charge in [-0.05, 0) is 43.2 Å². The zero-order chi connectivity index (χ0) is 25.1. The highest BCUT2D eigenvalue weighted by Crippen LogP contribution is 2.26. The van der Waals surface area contributed by atoms with Crippen molar-refractivity contribution in [3.05, 3.63) is 53.3 Å². The lowest BCUT2D eigenvalue weighted by Gasteiger charge is -2.31. The summed E-state index contributed by atoms with van der Waals surface area (Å²) in [7, 11) is 1.89. The Balaban J connectivity index is 0.000000509. The van der Waals surface area contributed by atoms with Crippen molar-refractivity contribution in [1.29, 1.82) is 0 Å². The Morgan fingerprint density at radius 3 is 2.38 bits per heavy atom. The largest absolute Gasteiger partial charge is 0.492 e. The molecule has 3 rings (SSSR count). The summed E-state index contributed by atoms with van der Waals surface area (Å²) in [4.78, 5) is 27.6. The first-order valence-corrected chi connectivity index (χ1v) is 11.1. The highest BCUT2D eigenvalue weighted by atomic mass is 35.5. The third-order valence-electron chi connectivity index (χ3n) is 5.18. The number of carboxylic acids is 1. The van der Waals surface area contributed by atoms with E-state index >= 15 is 0 Å². The van der Waals surface area contributed by atoms with Gasteiger partial charge in [-0.3, -0.25) is 9.78 Å². The van der Waals surface area contributed by atoms with Crippen LogP contribution < -0.4 is 10.1 Å². The molecule has 2 aromatic rings. The van der Waals surface area contributed by atoms with E-state index < -0.39 is 12.1 Å². The second-order valence-electron chi connectivity index (χ2n) is 7.70. The van der Waals surface area contributed by atoms with Crippen LogP contribution in [0.15, 0.2) is 42.7 Å². The fourth-order valence-corrected chi connectivity index (χ4v) is 3.67. The van der Waals surface area contributed by atoms with Crippen LogP contribution in [0.25, 0.3) is 0 Å². The summed E-state index contributed by atoms with van der Waals surface area (Å²) < 4.78 is 37.5. The standard InChI is InChI=1S/C21H26ClN3O2.C2HF3O2/c1-25(19-5-3-2-4-6-19)21(26)16-13-17(22)15-20(14-16)27-12-11-24-18-7-9-23-10-8-18;3-2(4,5)1(6)7/h7-10,13-15,19H,2-6,11-12H2,1H3,(H,23,24);(H,6,7). The Labute approximate surface area is 200 Å². The lowest BCUT2D eigenvalue weighted by atomic mass is 9.94. The summed E-state index contributed by atoms with van der Waals surface area (Å²) in [6, 6.07) is 9.35. The van der Waals surface area contributed by atoms with Crippen LogP contribution in [-0.4, -0.2) is 59.3 Å². The quantitative estimate of drug-likeness (QED) is 0.503. The van der Waals surface area contributed by atoms with Crippen LogP contribution in [0.2, 0.25) is 5.02 Å². The molecule has 186 valence electrons. The summed E-state index contributed by atoms with van der Waals surface area (Å²) >= 11 is 6.22. The van der Waals surface area contributed by atoms with Crippen LogP contribution >= 0.6 is 11.6 Å². The number of pyridine rings is 1. The third kappa shape index (κ3) is 9.09. The number of hydrogen-bond acceptors (Lipinski definition) is 5. The minimum absolute atomic E-state index is 0.00385. The highest BCUT2D eigenvalue weighted by molar-refractivity contribution is 6.31. The summed E-state index contributed by atoms with van der Waals surface area (Å²) in [6.07, 6.45) is 4.19. The van der Waals surface area contributed by atoms with Crippen LogP contribution in [0.1, 0.15) is 42.5 Å². The third-order valence-corrected chi connectivity index (χ3v) is 5.40. The van der Waals surface area contributed by atoms with Gasteiger partial charge in [-0.25, -0.2) is 4.79 Å². The molecule has 0 saturated heterocycles. The average molecular weight is 502 g/mol. The van der Waals surface area contributed by atoms with Crippen molar-refractivity contribution >= 4 is 29.2 Å². The molecular weight excluding hydrogens is 475 g/mol. The second-order valence-corrected chi connectivity index (χ2v) is 8.13. The van der Waals surface area contributed by atoms with E-state index in [1.807, 2.05) is 24.1 Å². The van der Waals surface area contributed by atoms with Gasteiger partial charge in [0, 0.05) is 48.3 Å². The van der Waals surface area contributed by atoms with Crippen molar-refractivity contribution in [3.8, 4) is 5.75 Å². The van der Waals surface area contributed by atoms with E-state index in [0.29, 0.717) is 35.5 Å². The van der Waals surface area contributed by atoms with E-state index in [4.69, 9.17) is 26.2 Å². The number of alkyl halides is 3. The van der Waals surface area contributed by atoms with Gasteiger partial charge in [-0.2, -0.15) is 13.2 Å². The van der Waals surface area contributed by atoms with E-state index in [9.17, 15) is 18.0 Å². The van der Waals surface area contributed by atoms with Crippen molar-refractivity contribution in [1.82, 2.24) is 9.88 Å². The maximum atomic E-state index is 12.9. The van der Waals surface area contributed by atoms with Crippen molar-refractivity contribution in [2.24, 2.45) is 0 Å². The summed E-state index contributed by atoms with van der Waals surface area (Å²) in [5, 5.41) is 10.9. The molecule has 0 radical (unpaired) electrons. The zero-order valence-corrected chi connectivity index (χ0v) is 19.4. The molecule has 2 N–H and O–H groups in total. The average Bonchev–Trinajstić information content (AvgIpc) is 2.81. The molecule has 0 aliphatic heterocycles. The number of benzene rings is 1. The predicted octanol–water partition coefficient (Wildman–Crippen LogP) is 5.26. The van der Waals surface area contributed by atoms with Gasteiger partial charge >= 0.3 is 12.1 Å². The molecule has 1 heterocycles. The van der Waals surface area contributed by atoms with Crippen LogP contribution in [0, 0.1) is 0 Å². The van der Waals surface area contributed by atoms with E-state index in [-0.39, 0.29) is 5.91 Å². The highest BCUT2D eigenvalue weighted by Gasteiger charge is 2.38. The SMILES string of the molecule is CN(C(=O)c1cc(Cl)cc(OCCNc2ccncc2)c1)C1CCCCC1.O=C(O)C(F)(F)F. The van der Waals surface area contributed by atoms with Crippen molar-refractivity contribution < 1.29 is 32.6 Å². The molecule has 1 aromatic carbocycles. The molecule has 1 saturated carbocycles. The van der Waals surface area contributed by atoms with E-state index in [0.717, 1.165) is 18.5 Å². The van der Waals surface area contributed by atoms with Crippen LogP contribution in [0.3, 0.4) is 0 Å². The number of nitrogens with one attached hydrogen (secondary N) is 1. The first-order chi connectivity index (χ1) is 16.1. The van der Waals surface area contributed by atoms with Gasteiger partial charge < -0.3 is 20.1 Å². The van der Waals surface area contributed by atoms with Crippen molar-refractivity contribution in [3.63, 3.8) is 0 Å². The van der Waals surface area contributed by atoms with Gasteiger partial charge in [0.05, 0.1) is 0 Å². The molecule has 0 atom stereocenters. The molecule has 1 fully saturated rings. The number of anilines is 1. The minimum atomic E-state index is -5.08. The maximum Gasteiger partial charge on any atom is 0.490 e. The van der Waals surface area contributed by atoms with E-state index in [1.54, 1.807) is 30.6 Å². The summed E-state index contributed by atoms with van der Waals surface area (Å²) in [5.74, 6) is -2.14. The number of carboxylic acid groups (broad SMARTS) is 1. The van der Waals surface area contributed by atoms with Crippen LogP contribution in [0.5, 0.6) is 5.75 Å². The van der Waals surface area contributed by atoms with Crippen molar-refractivity contribution in [2.45, 2.75) is 44.3 Å². The Morgan fingerprint density at radius 2 is 1.79 bits per heavy atom. The Kier molecular flexibility index (Phi) is 10.4. The zero-order valence-electron chi connectivity index (χ0n) is 18.6. The fraction of sp³-hybridized carbons (Fsp3) is 0.435. The molecule has 11 heteroatoms. The van der Waals surface area contributed by atoms with Crippen LogP contribution in [-0.2, 0) is 4.79 Å². The lowest BCUT2D eigenvalue weighted by molar-refractivity contribution is -0.192. The van der Waals surface area contributed by atoms with Crippen molar-refractivity contribution in [2.75, 3.05) is 25.5 Å². The number of nitrogens with zero attached hydrogens (tertiary/aromatic N) is 2. The number of amides is 1. The molecule has 0 spiro atoms. The molecule has 34 heavy (non-hydrogen) atoms. The summed E-state index contributed by atoms with van der Waals surface area (Å²) in [6.45, 7) is 1.11.